The molecule has 0 unspecified atom stereocenters. The van der Waals surface area contributed by atoms with E-state index in [9.17, 15) is 4.79 Å². The predicted molar refractivity (Wildman–Crippen MR) is 84.4 cm³/mol. The summed E-state index contributed by atoms with van der Waals surface area (Å²) in [5, 5.41) is 2.47. The molecule has 0 spiro atoms. The zero-order chi connectivity index (χ0) is 15.5. The minimum absolute atomic E-state index is 0.0379. The maximum absolute atomic E-state index is 11.2. The van der Waals surface area contributed by atoms with Gasteiger partial charge < -0.3 is 4.74 Å². The zero-order valence-corrected chi connectivity index (χ0v) is 12.9. The van der Waals surface area contributed by atoms with Gasteiger partial charge in [0.15, 0.2) is 0 Å². The summed E-state index contributed by atoms with van der Waals surface area (Å²) in [7, 11) is 0. The average molecular weight is 318 g/mol. The van der Waals surface area contributed by atoms with E-state index in [1.54, 1.807) is 5.06 Å². The molecule has 0 aromatic heterocycles. The van der Waals surface area contributed by atoms with Crippen molar-refractivity contribution in [2.45, 2.75) is 25.7 Å². The molecule has 22 heavy (non-hydrogen) atoms. The van der Waals surface area contributed by atoms with E-state index in [1.807, 2.05) is 54.6 Å². The van der Waals surface area contributed by atoms with E-state index in [-0.39, 0.29) is 12.0 Å². The Balaban J connectivity index is 1.89. The molecule has 1 fully saturated rings. The molecule has 4 nitrogen and oxygen atoms in total. The van der Waals surface area contributed by atoms with Crippen molar-refractivity contribution < 1.29 is 14.4 Å². The molecule has 2 atom stereocenters. The van der Waals surface area contributed by atoms with Crippen molar-refractivity contribution >= 4 is 23.3 Å². The van der Waals surface area contributed by atoms with Gasteiger partial charge in [-0.2, -0.15) is 0 Å². The average Bonchev–Trinajstić information content (AvgIpc) is 2.92. The van der Waals surface area contributed by atoms with Gasteiger partial charge in [0.1, 0.15) is 0 Å². The number of anilines is 1. The number of hydrogen-bond acceptors (Lipinski definition) is 4. The second-order valence-electron chi connectivity index (χ2n) is 5.11. The van der Waals surface area contributed by atoms with Crippen LogP contribution in [0, 0.1) is 0 Å². The Hall–Kier alpha value is -2.04. The Bertz CT molecular complexity index is 645. The third-order valence-electron chi connectivity index (χ3n) is 3.49. The fraction of sp³-hybridized carbons (Fsp3) is 0.235. The first-order valence-corrected chi connectivity index (χ1v) is 7.45. The third-order valence-corrected chi connectivity index (χ3v) is 3.74. The van der Waals surface area contributed by atoms with E-state index in [0.717, 1.165) is 11.3 Å². The fourth-order valence-corrected chi connectivity index (χ4v) is 2.67. The van der Waals surface area contributed by atoms with Gasteiger partial charge in [-0.05, 0) is 29.8 Å². The number of nitrogens with zero attached hydrogens (tertiary/aromatic N) is 1. The molecule has 0 radical (unpaired) electrons. The molecule has 1 aliphatic rings. The predicted octanol–water partition coefficient (Wildman–Crippen LogP) is 4.11. The Morgan fingerprint density at radius 1 is 1.18 bits per heavy atom. The Kier molecular flexibility index (Phi) is 4.32. The van der Waals surface area contributed by atoms with Crippen molar-refractivity contribution in [2.75, 3.05) is 5.06 Å². The summed E-state index contributed by atoms with van der Waals surface area (Å²) in [6.07, 6.45) is -0.0192. The summed E-state index contributed by atoms with van der Waals surface area (Å²) >= 11 is 5.96. The molecule has 3 rings (SSSR count). The number of para-hydroxylation sites is 1. The first-order chi connectivity index (χ1) is 10.6. The van der Waals surface area contributed by atoms with Crippen LogP contribution < -0.4 is 5.06 Å². The molecule has 114 valence electrons. The molecule has 2 aromatic carbocycles. The number of carbonyl (C=O) groups excluding carboxylic acids is 1. The highest BCUT2D eigenvalue weighted by Crippen LogP contribution is 2.38. The van der Waals surface area contributed by atoms with Crippen molar-refractivity contribution in [3.8, 4) is 0 Å². The van der Waals surface area contributed by atoms with Gasteiger partial charge in [0.2, 0.25) is 6.29 Å². The van der Waals surface area contributed by atoms with Crippen LogP contribution in [0.5, 0.6) is 0 Å². The number of carbonyl (C=O) groups is 1. The minimum Gasteiger partial charge on any atom is -0.434 e. The van der Waals surface area contributed by atoms with Crippen LogP contribution in [0.2, 0.25) is 5.02 Å². The lowest BCUT2D eigenvalue weighted by molar-refractivity contribution is -0.168. The molecular weight excluding hydrogens is 302 g/mol. The van der Waals surface area contributed by atoms with E-state index < -0.39 is 6.29 Å². The lowest BCUT2D eigenvalue weighted by Crippen LogP contribution is -2.23. The summed E-state index contributed by atoms with van der Waals surface area (Å²) in [4.78, 5) is 17.0. The van der Waals surface area contributed by atoms with E-state index in [4.69, 9.17) is 21.2 Å². The van der Waals surface area contributed by atoms with Gasteiger partial charge >= 0.3 is 5.97 Å². The highest BCUT2D eigenvalue weighted by Gasteiger charge is 2.36. The van der Waals surface area contributed by atoms with E-state index in [1.165, 1.54) is 6.92 Å². The van der Waals surface area contributed by atoms with E-state index >= 15 is 0 Å². The molecule has 0 aliphatic carbocycles. The maximum Gasteiger partial charge on any atom is 0.305 e. The maximum atomic E-state index is 11.2. The topological polar surface area (TPSA) is 38.8 Å². The second-order valence-corrected chi connectivity index (χ2v) is 5.55. The highest BCUT2D eigenvalue weighted by atomic mass is 35.5. The van der Waals surface area contributed by atoms with Crippen LogP contribution in [0.15, 0.2) is 54.6 Å². The molecular formula is C17H16ClNO3. The number of hydrogen-bond donors (Lipinski definition) is 0. The molecule has 0 saturated carbocycles. The van der Waals surface area contributed by atoms with Gasteiger partial charge in [0, 0.05) is 18.4 Å². The van der Waals surface area contributed by atoms with E-state index in [2.05, 4.69) is 0 Å². The van der Waals surface area contributed by atoms with Crippen molar-refractivity contribution in [3.05, 3.63) is 65.2 Å². The van der Waals surface area contributed by atoms with Crippen LogP contribution in [-0.4, -0.2) is 12.3 Å². The molecule has 0 N–H and O–H groups in total. The molecule has 0 bridgehead atoms. The monoisotopic (exact) mass is 317 g/mol. The normalized spacial score (nSPS) is 20.9. The quantitative estimate of drug-likeness (QED) is 0.798. The zero-order valence-electron chi connectivity index (χ0n) is 12.1. The second kappa shape index (κ2) is 6.38. The largest absolute Gasteiger partial charge is 0.434 e. The summed E-state index contributed by atoms with van der Waals surface area (Å²) in [6, 6.07) is 17.3. The van der Waals surface area contributed by atoms with Gasteiger partial charge in [0.25, 0.3) is 0 Å². The number of hydroxylamine groups is 1. The molecule has 0 amide bonds. The number of rotatable bonds is 3. The Morgan fingerprint density at radius 2 is 1.86 bits per heavy atom. The third kappa shape index (κ3) is 3.24. The van der Waals surface area contributed by atoms with Crippen molar-refractivity contribution in [1.29, 1.82) is 0 Å². The lowest BCUT2D eigenvalue weighted by atomic mass is 10.0. The Morgan fingerprint density at radius 3 is 2.50 bits per heavy atom. The van der Waals surface area contributed by atoms with Crippen LogP contribution in [0.4, 0.5) is 5.69 Å². The first kappa shape index (κ1) is 14.9. The summed E-state index contributed by atoms with van der Waals surface area (Å²) in [6.45, 7) is 1.38. The van der Waals surface area contributed by atoms with Crippen molar-refractivity contribution in [3.63, 3.8) is 0 Å². The molecule has 1 aliphatic heterocycles. The summed E-state index contributed by atoms with van der Waals surface area (Å²) < 4.78 is 5.21. The number of ether oxygens (including phenoxy) is 1. The lowest BCUT2D eigenvalue weighted by Gasteiger charge is -2.24. The number of esters is 1. The van der Waals surface area contributed by atoms with Gasteiger partial charge in [-0.25, -0.2) is 9.90 Å². The highest BCUT2D eigenvalue weighted by molar-refractivity contribution is 6.30. The van der Waals surface area contributed by atoms with Gasteiger partial charge in [-0.15, -0.1) is 0 Å². The SMILES string of the molecule is CC(=O)O[C@@H]1C[C@H](c2ccc(Cl)cc2)N(c2ccccc2)O1. The van der Waals surface area contributed by atoms with Crippen LogP contribution in [-0.2, 0) is 14.4 Å². The van der Waals surface area contributed by atoms with Crippen LogP contribution in [0.25, 0.3) is 0 Å². The molecule has 1 heterocycles. The smallest absolute Gasteiger partial charge is 0.305 e. The van der Waals surface area contributed by atoms with Gasteiger partial charge in [-0.1, -0.05) is 41.9 Å². The molecule has 1 saturated heterocycles. The number of benzene rings is 2. The summed E-state index contributed by atoms with van der Waals surface area (Å²) in [5.74, 6) is -0.352. The van der Waals surface area contributed by atoms with Crippen molar-refractivity contribution in [1.82, 2.24) is 0 Å². The Labute approximate surface area is 134 Å². The minimum atomic E-state index is -0.585. The van der Waals surface area contributed by atoms with Gasteiger partial charge in [-0.3, -0.25) is 4.79 Å². The van der Waals surface area contributed by atoms with E-state index in [0.29, 0.717) is 11.4 Å². The summed E-state index contributed by atoms with van der Waals surface area (Å²) in [5.41, 5.74) is 1.97. The van der Waals surface area contributed by atoms with Crippen LogP contribution in [0.3, 0.4) is 0 Å². The number of halogens is 1. The first-order valence-electron chi connectivity index (χ1n) is 7.07. The fourth-order valence-electron chi connectivity index (χ4n) is 2.55. The molecule has 5 heteroatoms. The van der Waals surface area contributed by atoms with Crippen LogP contribution >= 0.6 is 11.6 Å². The van der Waals surface area contributed by atoms with Crippen LogP contribution in [0.1, 0.15) is 24.9 Å². The standard InChI is InChI=1S/C17H16ClNO3/c1-12(20)21-17-11-16(13-7-9-14(18)10-8-13)19(22-17)15-5-3-2-4-6-15/h2-10,16-17H,11H2,1H3/t16-,17+/m1/s1. The van der Waals surface area contributed by atoms with Crippen molar-refractivity contribution in [2.24, 2.45) is 0 Å². The van der Waals surface area contributed by atoms with Gasteiger partial charge in [0.05, 0.1) is 11.7 Å². The molecule has 2 aromatic rings.